The van der Waals surface area contributed by atoms with Crippen molar-refractivity contribution in [3.8, 4) is 0 Å². The fraction of sp³-hybridized carbons (Fsp3) is 0.414. The number of aromatic amines is 2. The predicted octanol–water partition coefficient (Wildman–Crippen LogP) is -2.60. The average molecular weight is 640 g/mol. The number of hydrogen-bond donors (Lipinski definition) is 9. The van der Waals surface area contributed by atoms with Gasteiger partial charge in [0.1, 0.15) is 24.2 Å². The molecule has 46 heavy (non-hydrogen) atoms. The third kappa shape index (κ3) is 8.24. The van der Waals surface area contributed by atoms with Crippen molar-refractivity contribution >= 4 is 46.4 Å². The van der Waals surface area contributed by atoms with E-state index in [2.05, 4.69) is 30.9 Å². The van der Waals surface area contributed by atoms with E-state index in [1.807, 2.05) is 18.2 Å². The van der Waals surface area contributed by atoms with E-state index < -0.39 is 78.7 Å². The van der Waals surface area contributed by atoms with Crippen molar-refractivity contribution in [1.82, 2.24) is 35.8 Å². The number of aromatic nitrogens is 3. The number of primary amides is 1. The number of nitrogens with one attached hydrogen (secondary N) is 5. The zero-order valence-corrected chi connectivity index (χ0v) is 24.8. The van der Waals surface area contributed by atoms with Gasteiger partial charge >= 0.3 is 5.97 Å². The lowest BCUT2D eigenvalue weighted by Crippen LogP contribution is -2.60. The second-order valence-corrected chi connectivity index (χ2v) is 11.0. The van der Waals surface area contributed by atoms with Gasteiger partial charge in [0.25, 0.3) is 0 Å². The highest BCUT2D eigenvalue weighted by molar-refractivity contribution is 5.96. The van der Waals surface area contributed by atoms with Crippen LogP contribution in [0.3, 0.4) is 0 Å². The summed E-state index contributed by atoms with van der Waals surface area (Å²) < 4.78 is 0. The Morgan fingerprint density at radius 1 is 0.978 bits per heavy atom. The molecule has 11 N–H and O–H groups in total. The molecule has 1 aromatic carbocycles. The molecule has 0 aliphatic carbocycles. The molecule has 0 bridgehead atoms. The Balaban J connectivity index is 1.52. The van der Waals surface area contributed by atoms with Gasteiger partial charge < -0.3 is 52.5 Å². The van der Waals surface area contributed by atoms with Gasteiger partial charge in [-0.1, -0.05) is 18.2 Å². The van der Waals surface area contributed by atoms with Crippen LogP contribution in [-0.4, -0.2) is 109 Å². The third-order valence-electron chi connectivity index (χ3n) is 7.71. The number of para-hydroxylation sites is 1. The summed E-state index contributed by atoms with van der Waals surface area (Å²) in [7, 11) is 0. The summed E-state index contributed by atoms with van der Waals surface area (Å²) in [5.74, 6) is -5.28. The number of aliphatic hydroxyl groups excluding tert-OH is 1. The quantitative estimate of drug-likeness (QED) is 0.0836. The number of likely N-dealkylation sites (tertiary alicyclic amines) is 1. The summed E-state index contributed by atoms with van der Waals surface area (Å²) in [6, 6.07) is 0.690. The number of carbonyl (C=O) groups excluding carboxylic acids is 5. The van der Waals surface area contributed by atoms with Crippen LogP contribution in [0.2, 0.25) is 0 Å². The molecule has 1 aliphatic heterocycles. The first kappa shape index (κ1) is 33.6. The van der Waals surface area contributed by atoms with Gasteiger partial charge in [-0.3, -0.25) is 24.0 Å². The van der Waals surface area contributed by atoms with Crippen LogP contribution in [0.5, 0.6) is 0 Å². The number of benzene rings is 1. The molecule has 246 valence electrons. The number of H-pyrrole nitrogens is 2. The highest BCUT2D eigenvalue weighted by Crippen LogP contribution is 2.21. The lowest BCUT2D eigenvalue weighted by atomic mass is 10.0. The minimum atomic E-state index is -1.57. The number of hydrogen-bond acceptors (Lipinski definition) is 9. The van der Waals surface area contributed by atoms with Gasteiger partial charge in [0.15, 0.2) is 0 Å². The lowest BCUT2D eigenvalue weighted by molar-refractivity contribution is -0.149. The van der Waals surface area contributed by atoms with Crippen molar-refractivity contribution in [2.75, 3.05) is 13.2 Å². The van der Waals surface area contributed by atoms with Crippen molar-refractivity contribution in [2.45, 2.75) is 62.3 Å². The normalized spacial score (nSPS) is 17.1. The molecule has 0 unspecified atom stereocenters. The molecule has 0 saturated carbocycles. The Bertz CT molecular complexity index is 1570. The Morgan fingerprint density at radius 3 is 2.35 bits per heavy atom. The van der Waals surface area contributed by atoms with Gasteiger partial charge in [-0.15, -0.1) is 0 Å². The molecule has 3 aromatic rings. The van der Waals surface area contributed by atoms with Crippen LogP contribution in [0.4, 0.5) is 0 Å². The number of carboxylic acid groups (broad SMARTS) is 1. The van der Waals surface area contributed by atoms with Gasteiger partial charge in [-0.25, -0.2) is 9.78 Å². The molecular weight excluding hydrogens is 602 g/mol. The summed E-state index contributed by atoms with van der Waals surface area (Å²) in [6.07, 6.45) is 4.64. The van der Waals surface area contributed by atoms with Gasteiger partial charge in [0.05, 0.1) is 31.1 Å². The van der Waals surface area contributed by atoms with Crippen molar-refractivity contribution < 1.29 is 39.0 Å². The molecule has 1 fully saturated rings. The molecule has 0 spiro atoms. The van der Waals surface area contributed by atoms with Gasteiger partial charge in [-0.05, 0) is 24.5 Å². The van der Waals surface area contributed by atoms with Crippen LogP contribution in [0, 0.1) is 0 Å². The Kier molecular flexibility index (Phi) is 11.1. The highest BCUT2D eigenvalue weighted by Gasteiger charge is 2.39. The summed E-state index contributed by atoms with van der Waals surface area (Å²) in [4.78, 5) is 87.3. The maximum absolute atomic E-state index is 13.5. The fourth-order valence-corrected chi connectivity index (χ4v) is 5.36. The summed E-state index contributed by atoms with van der Waals surface area (Å²) in [6.45, 7) is -0.701. The first-order valence-corrected chi connectivity index (χ1v) is 14.6. The number of rotatable bonds is 15. The molecule has 0 radical (unpaired) electrons. The van der Waals surface area contributed by atoms with Crippen LogP contribution in [0.15, 0.2) is 43.0 Å². The zero-order chi connectivity index (χ0) is 33.4. The predicted molar refractivity (Wildman–Crippen MR) is 161 cm³/mol. The molecule has 17 heteroatoms. The van der Waals surface area contributed by atoms with Gasteiger partial charge in [0.2, 0.25) is 29.5 Å². The second-order valence-electron chi connectivity index (χ2n) is 11.0. The smallest absolute Gasteiger partial charge is 0.326 e. The van der Waals surface area contributed by atoms with Crippen LogP contribution < -0.4 is 27.4 Å². The Morgan fingerprint density at radius 2 is 1.67 bits per heavy atom. The van der Waals surface area contributed by atoms with Crippen LogP contribution >= 0.6 is 0 Å². The minimum Gasteiger partial charge on any atom is -0.480 e. The number of aliphatic hydroxyl groups is 1. The number of nitrogens with zero attached hydrogens (tertiary/aromatic N) is 2. The van der Waals surface area contributed by atoms with E-state index in [0.29, 0.717) is 17.7 Å². The number of imidazole rings is 1. The average Bonchev–Trinajstić information content (AvgIpc) is 3.80. The third-order valence-corrected chi connectivity index (χ3v) is 7.71. The molecule has 5 amide bonds. The first-order valence-electron chi connectivity index (χ1n) is 14.6. The lowest BCUT2D eigenvalue weighted by Gasteiger charge is -2.28. The summed E-state index contributed by atoms with van der Waals surface area (Å²) >= 11 is 0. The maximum Gasteiger partial charge on any atom is 0.326 e. The molecule has 3 heterocycles. The fourth-order valence-electron chi connectivity index (χ4n) is 5.36. The highest BCUT2D eigenvalue weighted by atomic mass is 16.4. The zero-order valence-electron chi connectivity index (χ0n) is 24.8. The summed E-state index contributed by atoms with van der Waals surface area (Å²) in [5.41, 5.74) is 12.8. The SMILES string of the molecule is NC(=O)C[C@H](N)C(=O)N[C@@H](Cc1c[nH]c2ccccc12)C(=O)N[C@@H](CO)C(=O)N[C@@H](Cc1c[nH]cn1)C(=O)N1CCC[C@H]1C(=O)O. The van der Waals surface area contributed by atoms with Crippen LogP contribution in [-0.2, 0) is 41.6 Å². The van der Waals surface area contributed by atoms with Crippen molar-refractivity contribution in [3.05, 3.63) is 54.2 Å². The van der Waals surface area contributed by atoms with Crippen LogP contribution in [0.1, 0.15) is 30.5 Å². The standard InChI is InChI=1S/C29H37N9O8/c30-18(10-24(31)40)25(41)35-20(8-15-11-33-19-5-2-1-4-17(15)19)26(42)37-22(13-39)27(43)36-21(9-16-12-32-14-34-16)28(44)38-7-3-6-23(38)29(45)46/h1-2,4-5,11-12,14,18,20-23,33,39H,3,6-10,13,30H2,(H2,31,40)(H,32,34)(H,35,41)(H,36,43)(H,37,42)(H,45,46)/t18-,20-,21-,22-,23-/m0/s1. The number of nitrogens with two attached hydrogens (primary N) is 2. The monoisotopic (exact) mass is 639 g/mol. The molecule has 17 nitrogen and oxygen atoms in total. The maximum atomic E-state index is 13.5. The van der Waals surface area contributed by atoms with E-state index in [1.54, 1.807) is 12.3 Å². The topological polar surface area (TPSA) is 279 Å². The van der Waals surface area contributed by atoms with E-state index >= 15 is 0 Å². The first-order chi connectivity index (χ1) is 22.0. The summed E-state index contributed by atoms with van der Waals surface area (Å²) in [5, 5.41) is 27.9. The van der Waals surface area contributed by atoms with E-state index in [0.717, 1.165) is 10.9 Å². The largest absolute Gasteiger partial charge is 0.480 e. The van der Waals surface area contributed by atoms with Crippen LogP contribution in [0.25, 0.3) is 10.9 Å². The number of amides is 5. The number of aliphatic carboxylic acids is 1. The minimum absolute atomic E-state index is 0.0591. The van der Waals surface area contributed by atoms with Crippen molar-refractivity contribution in [3.63, 3.8) is 0 Å². The molecule has 1 saturated heterocycles. The number of carbonyl (C=O) groups is 6. The van der Waals surface area contributed by atoms with Crippen molar-refractivity contribution in [1.29, 1.82) is 0 Å². The molecule has 1 aliphatic rings. The molecular formula is C29H37N9O8. The van der Waals surface area contributed by atoms with E-state index in [-0.39, 0.29) is 25.8 Å². The Labute approximate surface area is 262 Å². The van der Waals surface area contributed by atoms with Gasteiger partial charge in [0, 0.05) is 42.7 Å². The molecule has 2 aromatic heterocycles. The van der Waals surface area contributed by atoms with E-state index in [9.17, 15) is 39.0 Å². The Hall–Kier alpha value is -5.29. The molecule has 5 atom stereocenters. The second kappa shape index (κ2) is 15.1. The van der Waals surface area contributed by atoms with E-state index in [1.165, 1.54) is 17.4 Å². The number of fused-ring (bicyclic) bond motifs is 1. The van der Waals surface area contributed by atoms with E-state index in [4.69, 9.17) is 11.5 Å². The van der Waals surface area contributed by atoms with Gasteiger partial charge in [-0.2, -0.15) is 0 Å². The van der Waals surface area contributed by atoms with Crippen molar-refractivity contribution in [2.24, 2.45) is 11.5 Å². The number of carboxylic acids is 1. The molecule has 4 rings (SSSR count).